The number of likely N-dealkylation sites (N-methyl/N-ethyl adjacent to an activating group) is 1. The summed E-state index contributed by atoms with van der Waals surface area (Å²) in [5.41, 5.74) is 0. The molecule has 0 aromatic heterocycles. The molecule has 2 rings (SSSR count). The molecule has 1 amide bonds. The van der Waals surface area contributed by atoms with Gasteiger partial charge in [0.1, 0.15) is 0 Å². The average Bonchev–Trinajstić information content (AvgIpc) is 2.46. The predicted molar refractivity (Wildman–Crippen MR) is 70.5 cm³/mol. The summed E-state index contributed by atoms with van der Waals surface area (Å²) >= 11 is 0. The fraction of sp³-hybridized carbons (Fsp3) is 0.923. The van der Waals surface area contributed by atoms with E-state index in [1.54, 1.807) is 0 Å². The number of carbonyl (C=O) groups is 1. The molecule has 0 radical (unpaired) electrons. The standard InChI is InChI=1S/C13H25N3O2/c1-2-16-6-7-18-12(10-16)9-15-13(17)11-4-3-5-14-8-11/h11-12,14H,2-10H2,1H3,(H,15,17). The number of piperidine rings is 1. The minimum atomic E-state index is 0.143. The predicted octanol–water partition coefficient (Wildman–Crippen LogP) is -0.177. The second-order valence-electron chi connectivity index (χ2n) is 5.17. The molecular formula is C13H25N3O2. The summed E-state index contributed by atoms with van der Waals surface area (Å²) in [6.45, 7) is 8.44. The SMILES string of the molecule is CCN1CCOC(CNC(=O)C2CCCNC2)C1. The van der Waals surface area contributed by atoms with Crippen molar-refractivity contribution >= 4 is 5.91 Å². The highest BCUT2D eigenvalue weighted by Crippen LogP contribution is 2.10. The summed E-state index contributed by atoms with van der Waals surface area (Å²) in [5.74, 6) is 0.323. The maximum Gasteiger partial charge on any atom is 0.224 e. The van der Waals surface area contributed by atoms with Crippen LogP contribution in [-0.2, 0) is 9.53 Å². The Morgan fingerprint density at radius 2 is 2.44 bits per heavy atom. The van der Waals surface area contributed by atoms with Gasteiger partial charge in [-0.05, 0) is 25.9 Å². The Hall–Kier alpha value is -0.650. The van der Waals surface area contributed by atoms with Crippen molar-refractivity contribution in [2.45, 2.75) is 25.9 Å². The van der Waals surface area contributed by atoms with E-state index >= 15 is 0 Å². The zero-order chi connectivity index (χ0) is 12.8. The molecule has 0 spiro atoms. The van der Waals surface area contributed by atoms with E-state index in [1.807, 2.05) is 0 Å². The first-order valence-electron chi connectivity index (χ1n) is 7.12. The van der Waals surface area contributed by atoms with Gasteiger partial charge in [-0.1, -0.05) is 6.92 Å². The fourth-order valence-corrected chi connectivity index (χ4v) is 2.63. The molecular weight excluding hydrogens is 230 g/mol. The number of ether oxygens (including phenoxy) is 1. The third-order valence-corrected chi connectivity index (χ3v) is 3.84. The summed E-state index contributed by atoms with van der Waals surface area (Å²) in [7, 11) is 0. The minimum Gasteiger partial charge on any atom is -0.374 e. The van der Waals surface area contributed by atoms with Crippen molar-refractivity contribution in [3.05, 3.63) is 0 Å². The summed E-state index contributed by atoms with van der Waals surface area (Å²) in [6, 6.07) is 0. The first kappa shape index (κ1) is 13.8. The van der Waals surface area contributed by atoms with E-state index in [0.29, 0.717) is 6.54 Å². The average molecular weight is 255 g/mol. The number of hydrogen-bond donors (Lipinski definition) is 2. The van der Waals surface area contributed by atoms with E-state index in [0.717, 1.165) is 52.2 Å². The second kappa shape index (κ2) is 7.07. The Kier molecular flexibility index (Phi) is 5.41. The molecule has 104 valence electrons. The third-order valence-electron chi connectivity index (χ3n) is 3.84. The van der Waals surface area contributed by atoms with Gasteiger partial charge in [0, 0.05) is 26.2 Å². The van der Waals surface area contributed by atoms with E-state index in [9.17, 15) is 4.79 Å². The zero-order valence-corrected chi connectivity index (χ0v) is 11.3. The number of carbonyl (C=O) groups excluding carboxylic acids is 1. The van der Waals surface area contributed by atoms with Gasteiger partial charge in [0.25, 0.3) is 0 Å². The molecule has 2 unspecified atom stereocenters. The molecule has 0 aliphatic carbocycles. The molecule has 18 heavy (non-hydrogen) atoms. The lowest BCUT2D eigenvalue weighted by molar-refractivity contribution is -0.126. The Balaban J connectivity index is 1.68. The van der Waals surface area contributed by atoms with Gasteiger partial charge in [0.05, 0.1) is 18.6 Å². The highest BCUT2D eigenvalue weighted by atomic mass is 16.5. The molecule has 2 heterocycles. The summed E-state index contributed by atoms with van der Waals surface area (Å²) in [6.07, 6.45) is 2.26. The van der Waals surface area contributed by atoms with Crippen LogP contribution < -0.4 is 10.6 Å². The van der Waals surface area contributed by atoms with Gasteiger partial charge in [-0.3, -0.25) is 9.69 Å². The summed E-state index contributed by atoms with van der Waals surface area (Å²) in [5, 5.41) is 6.31. The van der Waals surface area contributed by atoms with Crippen LogP contribution >= 0.6 is 0 Å². The van der Waals surface area contributed by atoms with E-state index in [2.05, 4.69) is 22.5 Å². The number of rotatable bonds is 4. The Labute approximate surface area is 109 Å². The zero-order valence-electron chi connectivity index (χ0n) is 11.3. The lowest BCUT2D eigenvalue weighted by atomic mass is 9.99. The molecule has 2 atom stereocenters. The summed E-state index contributed by atoms with van der Waals surface area (Å²) in [4.78, 5) is 14.3. The van der Waals surface area contributed by atoms with Gasteiger partial charge >= 0.3 is 0 Å². The molecule has 2 aliphatic heterocycles. The van der Waals surface area contributed by atoms with E-state index in [4.69, 9.17) is 4.74 Å². The van der Waals surface area contributed by atoms with Crippen LogP contribution in [-0.4, -0.2) is 62.8 Å². The lowest BCUT2D eigenvalue weighted by Gasteiger charge is -2.32. The third kappa shape index (κ3) is 3.93. The number of amides is 1. The Morgan fingerprint density at radius 3 is 3.17 bits per heavy atom. The van der Waals surface area contributed by atoms with Gasteiger partial charge in [0.15, 0.2) is 0 Å². The molecule has 0 aromatic rings. The maximum absolute atomic E-state index is 12.0. The van der Waals surface area contributed by atoms with Crippen LogP contribution in [0.25, 0.3) is 0 Å². The lowest BCUT2D eigenvalue weighted by Crippen LogP contribution is -2.49. The van der Waals surface area contributed by atoms with Gasteiger partial charge in [0.2, 0.25) is 5.91 Å². The first-order chi connectivity index (χ1) is 8.79. The van der Waals surface area contributed by atoms with Crippen LogP contribution in [0.15, 0.2) is 0 Å². The van der Waals surface area contributed by atoms with Crippen LogP contribution in [0.3, 0.4) is 0 Å². The highest BCUT2D eigenvalue weighted by Gasteiger charge is 2.23. The Bertz CT molecular complexity index is 267. The van der Waals surface area contributed by atoms with E-state index in [1.165, 1.54) is 0 Å². The molecule has 0 bridgehead atoms. The number of nitrogens with zero attached hydrogens (tertiary/aromatic N) is 1. The molecule has 0 aromatic carbocycles. The van der Waals surface area contributed by atoms with Crippen LogP contribution in [0.2, 0.25) is 0 Å². The first-order valence-corrected chi connectivity index (χ1v) is 7.12. The molecule has 2 N–H and O–H groups in total. The fourth-order valence-electron chi connectivity index (χ4n) is 2.63. The molecule has 2 aliphatic rings. The summed E-state index contributed by atoms with van der Waals surface area (Å²) < 4.78 is 5.68. The monoisotopic (exact) mass is 255 g/mol. The topological polar surface area (TPSA) is 53.6 Å². The number of morpholine rings is 1. The van der Waals surface area contributed by atoms with E-state index in [-0.39, 0.29) is 17.9 Å². The molecule has 5 heteroatoms. The van der Waals surface area contributed by atoms with Crippen LogP contribution in [0.4, 0.5) is 0 Å². The minimum absolute atomic E-state index is 0.143. The van der Waals surface area contributed by atoms with Crippen molar-refractivity contribution in [1.29, 1.82) is 0 Å². The highest BCUT2D eigenvalue weighted by molar-refractivity contribution is 5.78. The largest absolute Gasteiger partial charge is 0.374 e. The molecule has 0 saturated carbocycles. The number of hydrogen-bond acceptors (Lipinski definition) is 4. The molecule has 2 fully saturated rings. The quantitative estimate of drug-likeness (QED) is 0.732. The van der Waals surface area contributed by atoms with Gasteiger partial charge in [-0.2, -0.15) is 0 Å². The maximum atomic E-state index is 12.0. The van der Waals surface area contributed by atoms with Crippen molar-refractivity contribution in [2.24, 2.45) is 5.92 Å². The van der Waals surface area contributed by atoms with Crippen molar-refractivity contribution in [1.82, 2.24) is 15.5 Å². The van der Waals surface area contributed by atoms with Gasteiger partial charge < -0.3 is 15.4 Å². The van der Waals surface area contributed by atoms with Crippen molar-refractivity contribution < 1.29 is 9.53 Å². The van der Waals surface area contributed by atoms with Crippen molar-refractivity contribution in [3.8, 4) is 0 Å². The second-order valence-corrected chi connectivity index (χ2v) is 5.17. The molecule has 2 saturated heterocycles. The van der Waals surface area contributed by atoms with Crippen LogP contribution in [0, 0.1) is 5.92 Å². The van der Waals surface area contributed by atoms with Crippen molar-refractivity contribution in [3.63, 3.8) is 0 Å². The van der Waals surface area contributed by atoms with Gasteiger partial charge in [-0.25, -0.2) is 0 Å². The number of nitrogens with one attached hydrogen (secondary N) is 2. The van der Waals surface area contributed by atoms with Gasteiger partial charge in [-0.15, -0.1) is 0 Å². The Morgan fingerprint density at radius 1 is 1.56 bits per heavy atom. The van der Waals surface area contributed by atoms with E-state index < -0.39 is 0 Å². The van der Waals surface area contributed by atoms with Crippen LogP contribution in [0.1, 0.15) is 19.8 Å². The normalized spacial score (nSPS) is 30.1. The van der Waals surface area contributed by atoms with Crippen LogP contribution in [0.5, 0.6) is 0 Å². The molecule has 5 nitrogen and oxygen atoms in total. The van der Waals surface area contributed by atoms with Crippen molar-refractivity contribution in [2.75, 3.05) is 45.9 Å². The smallest absolute Gasteiger partial charge is 0.224 e.